The molecular formula is C9H18Y-2. The van der Waals surface area contributed by atoms with Gasteiger partial charge in [-0.25, -0.2) is 0 Å². The molecule has 2 unspecified atom stereocenters. The summed E-state index contributed by atoms with van der Waals surface area (Å²) in [4.78, 5) is 0. The van der Waals surface area contributed by atoms with Crippen molar-refractivity contribution >= 4 is 0 Å². The summed E-state index contributed by atoms with van der Waals surface area (Å²) in [5, 5.41) is 0. The molecule has 0 saturated carbocycles. The first-order valence-electron chi connectivity index (χ1n) is 3.69. The van der Waals surface area contributed by atoms with Crippen LogP contribution in [0.25, 0.3) is 0 Å². The molecule has 0 aliphatic heterocycles. The molecule has 0 rings (SSSR count). The molecule has 0 spiro atoms. The van der Waals surface area contributed by atoms with Crippen molar-refractivity contribution in [1.82, 2.24) is 0 Å². The second kappa shape index (κ2) is 6.79. The number of hydrogen-bond donors (Lipinski definition) is 0. The summed E-state index contributed by atoms with van der Waals surface area (Å²) in [6.07, 6.45) is 2.26. The Balaban J connectivity index is 0. The molecule has 0 N–H and O–H groups in total. The van der Waals surface area contributed by atoms with Crippen molar-refractivity contribution in [1.29, 1.82) is 0 Å². The van der Waals surface area contributed by atoms with Gasteiger partial charge in [-0.1, -0.05) is 13.8 Å². The maximum atomic E-state index is 2.28. The first kappa shape index (κ1) is 13.7. The minimum absolute atomic E-state index is 0. The fraction of sp³-hybridized carbons (Fsp3) is 0.778. The Bertz CT molecular complexity index is 69.1. The van der Waals surface area contributed by atoms with Crippen molar-refractivity contribution in [2.75, 3.05) is 0 Å². The van der Waals surface area contributed by atoms with Gasteiger partial charge in [-0.3, -0.25) is 0 Å². The van der Waals surface area contributed by atoms with Gasteiger partial charge in [0.05, 0.1) is 0 Å². The fourth-order valence-electron chi connectivity index (χ4n) is 0.814. The first-order chi connectivity index (χ1) is 4.09. The van der Waals surface area contributed by atoms with Crippen molar-refractivity contribution < 1.29 is 32.7 Å². The van der Waals surface area contributed by atoms with Crippen LogP contribution in [0.4, 0.5) is 0 Å². The van der Waals surface area contributed by atoms with Gasteiger partial charge in [-0.15, -0.1) is 0 Å². The Morgan fingerprint density at radius 2 is 1.60 bits per heavy atom. The normalized spacial score (nSPS) is 16.2. The summed E-state index contributed by atoms with van der Waals surface area (Å²) in [5.74, 6) is 3.01. The minimum atomic E-state index is 0. The predicted molar refractivity (Wildman–Crippen MR) is 42.9 cm³/mol. The van der Waals surface area contributed by atoms with Gasteiger partial charge >= 0.3 is 0 Å². The van der Waals surface area contributed by atoms with Crippen LogP contribution in [0.15, 0.2) is 0 Å². The van der Waals surface area contributed by atoms with Crippen LogP contribution in [-0.4, -0.2) is 0 Å². The Labute approximate surface area is 91.0 Å². The molecule has 10 heavy (non-hydrogen) atoms. The first-order valence-corrected chi connectivity index (χ1v) is 3.69. The van der Waals surface area contributed by atoms with Crippen molar-refractivity contribution in [2.24, 2.45) is 11.8 Å². The Kier molecular flexibility index (Phi) is 9.29. The number of rotatable bonds is 3. The van der Waals surface area contributed by atoms with E-state index in [0.29, 0.717) is 0 Å². The average molecular weight is 215 g/mol. The minimum Gasteiger partial charge on any atom is -0.331 e. The molecule has 2 atom stereocenters. The van der Waals surface area contributed by atoms with Gasteiger partial charge in [0.25, 0.3) is 0 Å². The summed E-state index contributed by atoms with van der Waals surface area (Å²) >= 11 is 0. The molecule has 0 aliphatic rings. The van der Waals surface area contributed by atoms with Gasteiger partial charge in [0.2, 0.25) is 0 Å². The standard InChI is InChI=1S/C9H18.Y/c1-6-8(4)9(5)7(2)3;/h6,8-9H,1-5H3;/q-2;. The predicted octanol–water partition coefficient (Wildman–Crippen LogP) is 3.09. The maximum absolute atomic E-state index is 2.28. The van der Waals surface area contributed by atoms with Crippen LogP contribution in [0, 0.1) is 24.2 Å². The second-order valence-corrected chi connectivity index (χ2v) is 3.06. The molecular weight excluding hydrogens is 197 g/mol. The van der Waals surface area contributed by atoms with Crippen molar-refractivity contribution in [3.63, 3.8) is 0 Å². The second-order valence-electron chi connectivity index (χ2n) is 3.06. The van der Waals surface area contributed by atoms with E-state index in [4.69, 9.17) is 0 Å². The summed E-state index contributed by atoms with van der Waals surface area (Å²) < 4.78 is 0. The molecule has 0 aliphatic carbocycles. The number of hydrogen-bond acceptors (Lipinski definition) is 0. The van der Waals surface area contributed by atoms with E-state index >= 15 is 0 Å². The molecule has 0 heterocycles. The Morgan fingerprint density at radius 3 is 1.70 bits per heavy atom. The smallest absolute Gasteiger partial charge is 0 e. The van der Waals surface area contributed by atoms with E-state index in [-0.39, 0.29) is 32.7 Å². The van der Waals surface area contributed by atoms with Gasteiger partial charge in [-0.2, -0.15) is 32.6 Å². The van der Waals surface area contributed by atoms with Crippen LogP contribution >= 0.6 is 0 Å². The van der Waals surface area contributed by atoms with E-state index in [0.717, 1.165) is 11.8 Å². The average Bonchev–Trinajstić information content (AvgIpc) is 1.84. The van der Waals surface area contributed by atoms with Gasteiger partial charge in [0, 0.05) is 32.7 Å². The molecule has 0 bridgehead atoms. The molecule has 0 aromatic rings. The molecule has 1 radical (unpaired) electrons. The van der Waals surface area contributed by atoms with Crippen LogP contribution in [0.1, 0.15) is 34.6 Å². The molecule has 1 heteroatoms. The van der Waals surface area contributed by atoms with E-state index in [1.807, 2.05) is 0 Å². The van der Waals surface area contributed by atoms with E-state index in [1.165, 1.54) is 5.92 Å². The topological polar surface area (TPSA) is 0 Å². The molecule has 0 aromatic carbocycles. The zero-order valence-corrected chi connectivity index (χ0v) is 10.6. The third-order valence-corrected chi connectivity index (χ3v) is 2.23. The van der Waals surface area contributed by atoms with Crippen molar-refractivity contribution in [2.45, 2.75) is 34.6 Å². The van der Waals surface area contributed by atoms with Crippen LogP contribution in [0.3, 0.4) is 0 Å². The van der Waals surface area contributed by atoms with Gasteiger partial charge < -0.3 is 12.3 Å². The van der Waals surface area contributed by atoms with E-state index in [9.17, 15) is 0 Å². The van der Waals surface area contributed by atoms with E-state index < -0.39 is 0 Å². The van der Waals surface area contributed by atoms with Crippen LogP contribution in [0.5, 0.6) is 0 Å². The zero-order chi connectivity index (χ0) is 7.44. The summed E-state index contributed by atoms with van der Waals surface area (Å²) in [6.45, 7) is 11.1. The SMILES string of the molecule is C[CH-]C(C)C(C)[C-](C)C.[Y]. The molecule has 59 valence electrons. The summed E-state index contributed by atoms with van der Waals surface area (Å²) in [6, 6.07) is 0. The summed E-state index contributed by atoms with van der Waals surface area (Å²) in [7, 11) is 0. The van der Waals surface area contributed by atoms with Crippen LogP contribution < -0.4 is 0 Å². The summed E-state index contributed by atoms with van der Waals surface area (Å²) in [5.41, 5.74) is 0. The molecule has 0 nitrogen and oxygen atoms in total. The van der Waals surface area contributed by atoms with Gasteiger partial charge in [0.15, 0.2) is 0 Å². The maximum Gasteiger partial charge on any atom is 0 e. The molecule has 0 saturated heterocycles. The monoisotopic (exact) mass is 215 g/mol. The third kappa shape index (κ3) is 4.85. The van der Waals surface area contributed by atoms with Crippen LogP contribution in [0.2, 0.25) is 0 Å². The van der Waals surface area contributed by atoms with Crippen LogP contribution in [-0.2, 0) is 32.7 Å². The molecule has 0 aromatic heterocycles. The Hall–Kier alpha value is 1.10. The van der Waals surface area contributed by atoms with Gasteiger partial charge in [-0.05, 0) is 0 Å². The third-order valence-electron chi connectivity index (χ3n) is 2.23. The zero-order valence-electron chi connectivity index (χ0n) is 7.81. The Morgan fingerprint density at radius 1 is 1.20 bits per heavy atom. The largest absolute Gasteiger partial charge is 0.331 e. The van der Waals surface area contributed by atoms with E-state index in [2.05, 4.69) is 41.0 Å². The van der Waals surface area contributed by atoms with E-state index in [1.54, 1.807) is 0 Å². The molecule has 0 fully saturated rings. The quantitative estimate of drug-likeness (QED) is 0.634. The van der Waals surface area contributed by atoms with Gasteiger partial charge in [0.1, 0.15) is 0 Å². The van der Waals surface area contributed by atoms with Crippen molar-refractivity contribution in [3.05, 3.63) is 12.3 Å². The fourth-order valence-corrected chi connectivity index (χ4v) is 0.814. The van der Waals surface area contributed by atoms with Crippen molar-refractivity contribution in [3.8, 4) is 0 Å². The molecule has 0 amide bonds.